The van der Waals surface area contributed by atoms with Crippen LogP contribution in [0.25, 0.3) is 83.9 Å². The summed E-state index contributed by atoms with van der Waals surface area (Å²) in [5, 5.41) is 12.2. The fourth-order valence-electron chi connectivity index (χ4n) is 8.21. The van der Waals surface area contributed by atoms with Crippen molar-refractivity contribution in [1.29, 1.82) is 0 Å². The van der Waals surface area contributed by atoms with Gasteiger partial charge in [-0.3, -0.25) is 9.55 Å². The van der Waals surface area contributed by atoms with Gasteiger partial charge in [-0.25, -0.2) is 4.98 Å². The van der Waals surface area contributed by atoms with Crippen LogP contribution in [0, 0.1) is 19.9 Å². The molecule has 0 aliphatic heterocycles. The van der Waals surface area contributed by atoms with Crippen molar-refractivity contribution in [2.24, 2.45) is 0 Å². The number of fused-ring (bicyclic) bond motifs is 1. The van der Waals surface area contributed by atoms with Gasteiger partial charge in [0.05, 0.1) is 22.3 Å². The Labute approximate surface area is 373 Å². The van der Waals surface area contributed by atoms with Crippen molar-refractivity contribution in [2.45, 2.75) is 53.4 Å². The van der Waals surface area contributed by atoms with E-state index in [1.54, 1.807) is 0 Å². The van der Waals surface area contributed by atoms with E-state index in [2.05, 4.69) is 204 Å². The number of phenols is 1. The summed E-state index contributed by atoms with van der Waals surface area (Å²) in [4.78, 5) is 10.5. The summed E-state index contributed by atoms with van der Waals surface area (Å²) in [5.41, 5.74) is 18.1. The number of phenolic OH excluding ortho intramolecular Hbond substituents is 1. The fourth-order valence-corrected chi connectivity index (χ4v) is 8.21. The minimum atomic E-state index is 0. The van der Waals surface area contributed by atoms with Gasteiger partial charge in [0.25, 0.3) is 0 Å². The van der Waals surface area contributed by atoms with Gasteiger partial charge in [0.2, 0.25) is 0 Å². The van der Waals surface area contributed by atoms with Crippen molar-refractivity contribution < 1.29 is 26.2 Å². The van der Waals surface area contributed by atoms with Crippen LogP contribution in [0.2, 0.25) is 0 Å². The molecular formula is C56H48N3OPt-. The van der Waals surface area contributed by atoms with E-state index < -0.39 is 0 Å². The van der Waals surface area contributed by atoms with Crippen molar-refractivity contribution in [3.63, 3.8) is 0 Å². The maximum absolute atomic E-state index is 12.2. The van der Waals surface area contributed by atoms with E-state index in [4.69, 9.17) is 9.97 Å². The maximum atomic E-state index is 12.2. The smallest absolute Gasteiger partial charge is 0.148 e. The molecule has 5 heteroatoms. The van der Waals surface area contributed by atoms with Crippen molar-refractivity contribution >= 4 is 11.0 Å². The number of rotatable bonds is 9. The first-order valence-electron chi connectivity index (χ1n) is 20.8. The zero-order chi connectivity index (χ0) is 41.5. The minimum Gasteiger partial charge on any atom is -0.507 e. The van der Waals surface area contributed by atoms with Crippen molar-refractivity contribution in [1.82, 2.24) is 14.5 Å². The number of pyridine rings is 1. The van der Waals surface area contributed by atoms with Crippen LogP contribution in [0.4, 0.5) is 0 Å². The molecule has 0 spiro atoms. The normalized spacial score (nSPS) is 11.3. The largest absolute Gasteiger partial charge is 0.507 e. The molecule has 7 aromatic carbocycles. The zero-order valence-electron chi connectivity index (χ0n) is 35.3. The number of nitrogens with zero attached hydrogens (tertiary/aromatic N) is 3. The van der Waals surface area contributed by atoms with Gasteiger partial charge in [-0.05, 0) is 89.4 Å². The SMILES string of the molecule is Cc1ccc(-c2ccnc(-c3[c-]c(-c4cccc5c4nc(-c4cc(C(C)C)cc(C(C)C)c4O)n5-c4ccc(C)cc4-c4ccccc4)cc(-c4ccccc4)c3)c2)cc1.[Pt]. The first-order chi connectivity index (χ1) is 29.1. The number of aromatic nitrogens is 3. The standard InChI is InChI=1S/C56H48N3O.Pt/c1-35(2)43-32-48(36(3)4)55(60)50(33-43)56-58-54-47(18-13-19-53(54)59(56)52-25-22-38(6)28-49(52)41-16-11-8-12-17-41)45-29-44(39-14-9-7-10-15-39)30-46(31-45)51-34-42(26-27-57-51)40-23-20-37(5)21-24-40;/h7-30,32-36,60H,1-6H3;/q-1;. The molecule has 61 heavy (non-hydrogen) atoms. The summed E-state index contributed by atoms with van der Waals surface area (Å²) in [6.07, 6.45) is 1.89. The van der Waals surface area contributed by atoms with Gasteiger partial charge < -0.3 is 5.11 Å². The predicted molar refractivity (Wildman–Crippen MR) is 250 cm³/mol. The monoisotopic (exact) mass is 973 g/mol. The average molecular weight is 974 g/mol. The first kappa shape index (κ1) is 41.4. The minimum absolute atomic E-state index is 0. The van der Waals surface area contributed by atoms with E-state index in [1.165, 1.54) is 5.56 Å². The Morgan fingerprint density at radius 2 is 1.21 bits per heavy atom. The van der Waals surface area contributed by atoms with Crippen LogP contribution in [-0.2, 0) is 21.1 Å². The molecule has 2 heterocycles. The molecule has 1 N–H and O–H groups in total. The molecule has 0 fully saturated rings. The molecular weight excluding hydrogens is 926 g/mol. The number of para-hydroxylation sites is 1. The van der Waals surface area contributed by atoms with Crippen LogP contribution >= 0.6 is 0 Å². The van der Waals surface area contributed by atoms with E-state index in [9.17, 15) is 5.11 Å². The topological polar surface area (TPSA) is 50.9 Å². The van der Waals surface area contributed by atoms with Crippen LogP contribution in [-0.4, -0.2) is 19.6 Å². The van der Waals surface area contributed by atoms with E-state index in [0.717, 1.165) is 89.2 Å². The van der Waals surface area contributed by atoms with E-state index >= 15 is 0 Å². The summed E-state index contributed by atoms with van der Waals surface area (Å²) < 4.78 is 2.25. The zero-order valence-corrected chi connectivity index (χ0v) is 37.6. The van der Waals surface area contributed by atoms with Crippen LogP contribution in [0.1, 0.15) is 61.8 Å². The molecule has 0 atom stereocenters. The second-order valence-electron chi connectivity index (χ2n) is 16.5. The molecule has 4 nitrogen and oxygen atoms in total. The number of hydrogen-bond acceptors (Lipinski definition) is 3. The Hall–Kier alpha value is -6.35. The average Bonchev–Trinajstić information content (AvgIpc) is 3.66. The Kier molecular flexibility index (Phi) is 11.8. The number of imidazole rings is 1. The molecule has 0 amide bonds. The van der Waals surface area contributed by atoms with E-state index in [0.29, 0.717) is 11.4 Å². The summed E-state index contributed by atoms with van der Waals surface area (Å²) in [6, 6.07) is 59.3. The summed E-state index contributed by atoms with van der Waals surface area (Å²) in [6.45, 7) is 12.9. The molecule has 0 aliphatic carbocycles. The Balaban J connectivity index is 0.00000514. The Morgan fingerprint density at radius 3 is 1.92 bits per heavy atom. The molecule has 9 aromatic rings. The number of hydrogen-bond donors (Lipinski definition) is 1. The summed E-state index contributed by atoms with van der Waals surface area (Å²) in [7, 11) is 0. The Morgan fingerprint density at radius 1 is 0.541 bits per heavy atom. The van der Waals surface area contributed by atoms with E-state index in [-0.39, 0.29) is 38.7 Å². The third kappa shape index (κ3) is 8.13. The molecule has 304 valence electrons. The van der Waals surface area contributed by atoms with Crippen molar-refractivity contribution in [2.75, 3.05) is 0 Å². The maximum Gasteiger partial charge on any atom is 0.148 e. The number of aromatic hydroxyl groups is 1. The quantitative estimate of drug-likeness (QED) is 0.147. The second kappa shape index (κ2) is 17.3. The van der Waals surface area contributed by atoms with Gasteiger partial charge in [0, 0.05) is 38.5 Å². The Bertz CT molecular complexity index is 3000. The van der Waals surface area contributed by atoms with Gasteiger partial charge in [-0.15, -0.1) is 23.8 Å². The summed E-state index contributed by atoms with van der Waals surface area (Å²) >= 11 is 0. The molecule has 0 saturated carbocycles. The third-order valence-corrected chi connectivity index (χ3v) is 11.5. The first-order valence-corrected chi connectivity index (χ1v) is 20.8. The third-order valence-electron chi connectivity index (χ3n) is 11.5. The molecule has 0 saturated heterocycles. The van der Waals surface area contributed by atoms with Gasteiger partial charge in [-0.1, -0.05) is 171 Å². The van der Waals surface area contributed by atoms with Gasteiger partial charge in [0.15, 0.2) is 0 Å². The number of benzene rings is 7. The van der Waals surface area contributed by atoms with Gasteiger partial charge in [0.1, 0.15) is 11.6 Å². The molecule has 0 unspecified atom stereocenters. The number of aryl methyl sites for hydroxylation is 2. The second-order valence-corrected chi connectivity index (χ2v) is 16.5. The van der Waals surface area contributed by atoms with Crippen molar-refractivity contribution in [3.05, 3.63) is 192 Å². The van der Waals surface area contributed by atoms with Crippen LogP contribution in [0.5, 0.6) is 5.75 Å². The fraction of sp³-hybridized carbons (Fsp3) is 0.143. The van der Waals surface area contributed by atoms with Gasteiger partial charge >= 0.3 is 0 Å². The van der Waals surface area contributed by atoms with Crippen LogP contribution < -0.4 is 0 Å². The molecule has 9 rings (SSSR count). The van der Waals surface area contributed by atoms with Gasteiger partial charge in [-0.2, -0.15) is 0 Å². The van der Waals surface area contributed by atoms with E-state index in [1.807, 2.05) is 12.3 Å². The molecule has 0 radical (unpaired) electrons. The molecule has 2 aromatic heterocycles. The molecule has 0 bridgehead atoms. The van der Waals surface area contributed by atoms with Crippen LogP contribution in [0.3, 0.4) is 0 Å². The van der Waals surface area contributed by atoms with Crippen LogP contribution in [0.15, 0.2) is 164 Å². The predicted octanol–water partition coefficient (Wildman–Crippen LogP) is 14.8. The molecule has 0 aliphatic rings. The van der Waals surface area contributed by atoms with Crippen molar-refractivity contribution in [3.8, 4) is 78.6 Å². The summed E-state index contributed by atoms with van der Waals surface area (Å²) in [5.74, 6) is 1.32.